The molecule has 0 spiro atoms. The van der Waals surface area contributed by atoms with E-state index in [1.807, 2.05) is 42.6 Å². The topological polar surface area (TPSA) is 104 Å². The van der Waals surface area contributed by atoms with Crippen molar-refractivity contribution in [3.63, 3.8) is 0 Å². The first-order valence-corrected chi connectivity index (χ1v) is 11.0. The van der Waals surface area contributed by atoms with Crippen molar-refractivity contribution in [3.8, 4) is 11.5 Å². The van der Waals surface area contributed by atoms with Crippen LogP contribution in [0.3, 0.4) is 0 Å². The molecular formula is C25H24N4O5. The Kier molecular flexibility index (Phi) is 5.53. The molecule has 1 N–H and O–H groups in total. The molecule has 3 heterocycles. The van der Waals surface area contributed by atoms with Crippen LogP contribution in [-0.2, 0) is 20.7 Å². The van der Waals surface area contributed by atoms with Gasteiger partial charge in [0.05, 0.1) is 5.52 Å². The second-order valence-electron chi connectivity index (χ2n) is 8.20. The summed E-state index contributed by atoms with van der Waals surface area (Å²) in [6.45, 7) is 5.59. The predicted octanol–water partition coefficient (Wildman–Crippen LogP) is 3.73. The Morgan fingerprint density at radius 3 is 2.79 bits per heavy atom. The molecule has 2 aromatic carbocycles. The highest BCUT2D eigenvalue weighted by Gasteiger charge is 2.21. The van der Waals surface area contributed by atoms with Gasteiger partial charge in [0.25, 0.3) is 5.91 Å². The minimum absolute atomic E-state index is 0.122. The van der Waals surface area contributed by atoms with Gasteiger partial charge in [-0.2, -0.15) is 5.10 Å². The molecule has 0 saturated carbocycles. The van der Waals surface area contributed by atoms with E-state index in [0.717, 1.165) is 33.5 Å². The average molecular weight is 460 g/mol. The van der Waals surface area contributed by atoms with E-state index in [2.05, 4.69) is 10.4 Å². The van der Waals surface area contributed by atoms with Crippen molar-refractivity contribution < 1.29 is 23.8 Å². The number of nitrogens with zero attached hydrogens (tertiary/aromatic N) is 3. The van der Waals surface area contributed by atoms with Gasteiger partial charge in [0.15, 0.2) is 23.3 Å². The second kappa shape index (κ2) is 8.66. The van der Waals surface area contributed by atoms with Crippen molar-refractivity contribution in [3.05, 3.63) is 59.4 Å². The van der Waals surface area contributed by atoms with Crippen LogP contribution in [0.4, 0.5) is 5.69 Å². The number of benzene rings is 2. The molecule has 1 aliphatic rings. The fourth-order valence-corrected chi connectivity index (χ4v) is 4.09. The number of nitrogens with one attached hydrogen (secondary N) is 1. The fraction of sp³-hybridized carbons (Fsp3) is 0.280. The lowest BCUT2D eigenvalue weighted by Gasteiger charge is -2.15. The molecule has 174 valence electrons. The fourth-order valence-electron chi connectivity index (χ4n) is 4.09. The van der Waals surface area contributed by atoms with Crippen LogP contribution in [0.2, 0.25) is 0 Å². The molecule has 4 aromatic rings. The molecule has 0 fully saturated rings. The van der Waals surface area contributed by atoms with Crippen LogP contribution in [0.25, 0.3) is 16.6 Å². The number of aryl methyl sites for hydroxylation is 2. The number of rotatable bonds is 6. The van der Waals surface area contributed by atoms with Gasteiger partial charge >= 0.3 is 5.97 Å². The molecule has 0 aliphatic carbocycles. The molecule has 1 unspecified atom stereocenters. The Morgan fingerprint density at radius 2 is 1.94 bits per heavy atom. The molecular weight excluding hydrogens is 436 g/mol. The first-order chi connectivity index (χ1) is 16.4. The number of ether oxygens (including phenoxy) is 3. The molecule has 0 bridgehead atoms. The largest absolute Gasteiger partial charge is 0.454 e. The Bertz CT molecular complexity index is 1430. The van der Waals surface area contributed by atoms with Crippen LogP contribution in [0.5, 0.6) is 11.5 Å². The number of esters is 1. The zero-order chi connectivity index (χ0) is 23.8. The smallest absolute Gasteiger partial charge is 0.306 e. The lowest BCUT2D eigenvalue weighted by Crippen LogP contribution is -2.30. The van der Waals surface area contributed by atoms with Crippen LogP contribution >= 0.6 is 0 Å². The molecule has 34 heavy (non-hydrogen) atoms. The SMILES string of the molecule is Cc1nc2c3ccccc3nn2c(C)c1CCC(=O)OC(C)C(=O)Nc1ccc2c(c1)OCO2. The molecule has 1 aliphatic heterocycles. The summed E-state index contributed by atoms with van der Waals surface area (Å²) in [7, 11) is 0. The first-order valence-electron chi connectivity index (χ1n) is 11.0. The molecule has 0 radical (unpaired) electrons. The van der Waals surface area contributed by atoms with Gasteiger partial charge in [-0.3, -0.25) is 9.59 Å². The molecule has 1 atom stereocenters. The van der Waals surface area contributed by atoms with Gasteiger partial charge in [0.2, 0.25) is 6.79 Å². The van der Waals surface area contributed by atoms with Gasteiger partial charge in [-0.15, -0.1) is 0 Å². The number of anilines is 1. The highest BCUT2D eigenvalue weighted by molar-refractivity contribution is 5.95. The van der Waals surface area contributed by atoms with Crippen LogP contribution in [0, 0.1) is 13.8 Å². The number of hydrogen-bond acceptors (Lipinski definition) is 7. The van der Waals surface area contributed by atoms with Crippen molar-refractivity contribution in [2.24, 2.45) is 0 Å². The average Bonchev–Trinajstić information content (AvgIpc) is 3.43. The van der Waals surface area contributed by atoms with E-state index in [0.29, 0.717) is 23.6 Å². The Balaban J connectivity index is 1.22. The number of carbonyl (C=O) groups excluding carboxylic acids is 2. The predicted molar refractivity (Wildman–Crippen MR) is 125 cm³/mol. The van der Waals surface area contributed by atoms with Crippen LogP contribution < -0.4 is 14.8 Å². The Hall–Kier alpha value is -4.14. The lowest BCUT2D eigenvalue weighted by molar-refractivity contribution is -0.153. The van der Waals surface area contributed by atoms with Gasteiger partial charge in [-0.1, -0.05) is 12.1 Å². The molecule has 0 saturated heterocycles. The Morgan fingerprint density at radius 1 is 1.15 bits per heavy atom. The standard InChI is InChI=1S/C25H24N4O5/c1-14-18(15(2)29-24(26-14)19-6-4-5-7-20(19)28-29)9-11-23(30)34-16(3)25(31)27-17-8-10-21-22(12-17)33-13-32-21/h4-8,10,12,16H,9,11,13H2,1-3H3,(H,27,31). The zero-order valence-electron chi connectivity index (χ0n) is 19.1. The summed E-state index contributed by atoms with van der Waals surface area (Å²) < 4.78 is 17.8. The van der Waals surface area contributed by atoms with Gasteiger partial charge in [-0.25, -0.2) is 9.50 Å². The van der Waals surface area contributed by atoms with Crippen molar-refractivity contribution >= 4 is 34.1 Å². The molecule has 5 rings (SSSR count). The maximum atomic E-state index is 12.5. The highest BCUT2D eigenvalue weighted by Crippen LogP contribution is 2.34. The summed E-state index contributed by atoms with van der Waals surface area (Å²) in [6.07, 6.45) is -0.388. The maximum absolute atomic E-state index is 12.5. The number of hydrogen-bond donors (Lipinski definition) is 1. The van der Waals surface area contributed by atoms with E-state index >= 15 is 0 Å². The lowest BCUT2D eigenvalue weighted by atomic mass is 10.1. The maximum Gasteiger partial charge on any atom is 0.306 e. The van der Waals surface area contributed by atoms with E-state index in [-0.39, 0.29) is 13.2 Å². The van der Waals surface area contributed by atoms with Crippen molar-refractivity contribution in [1.29, 1.82) is 0 Å². The number of amides is 1. The Labute approximate surface area is 195 Å². The van der Waals surface area contributed by atoms with Crippen molar-refractivity contribution in [1.82, 2.24) is 14.6 Å². The minimum atomic E-state index is -0.947. The van der Waals surface area contributed by atoms with Crippen LogP contribution in [0.15, 0.2) is 42.5 Å². The zero-order valence-corrected chi connectivity index (χ0v) is 19.1. The third-order valence-electron chi connectivity index (χ3n) is 5.91. The van der Waals surface area contributed by atoms with Crippen LogP contribution in [0.1, 0.15) is 30.3 Å². The van der Waals surface area contributed by atoms with Crippen LogP contribution in [-0.4, -0.2) is 39.4 Å². The molecule has 9 heteroatoms. The van der Waals surface area contributed by atoms with E-state index in [4.69, 9.17) is 19.2 Å². The summed E-state index contributed by atoms with van der Waals surface area (Å²) in [5.74, 6) is 0.298. The van der Waals surface area contributed by atoms with E-state index < -0.39 is 18.0 Å². The summed E-state index contributed by atoms with van der Waals surface area (Å²) in [6, 6.07) is 12.9. The second-order valence-corrected chi connectivity index (χ2v) is 8.20. The van der Waals surface area contributed by atoms with Crippen molar-refractivity contribution in [2.45, 2.75) is 39.7 Å². The third kappa shape index (κ3) is 4.00. The van der Waals surface area contributed by atoms with E-state index in [9.17, 15) is 9.59 Å². The molecule has 9 nitrogen and oxygen atoms in total. The summed E-state index contributed by atoms with van der Waals surface area (Å²) >= 11 is 0. The van der Waals surface area contributed by atoms with E-state index in [1.165, 1.54) is 0 Å². The summed E-state index contributed by atoms with van der Waals surface area (Å²) in [4.78, 5) is 29.7. The monoisotopic (exact) mass is 460 g/mol. The van der Waals surface area contributed by atoms with Gasteiger partial charge in [0, 0.05) is 34.9 Å². The quantitative estimate of drug-likeness (QED) is 0.437. The number of fused-ring (bicyclic) bond motifs is 4. The van der Waals surface area contributed by atoms with Gasteiger partial charge in [-0.05, 0) is 57.0 Å². The summed E-state index contributed by atoms with van der Waals surface area (Å²) in [5, 5.41) is 8.36. The van der Waals surface area contributed by atoms with Gasteiger partial charge < -0.3 is 19.5 Å². The first kappa shape index (κ1) is 21.7. The van der Waals surface area contributed by atoms with Gasteiger partial charge in [0.1, 0.15) is 0 Å². The summed E-state index contributed by atoms with van der Waals surface area (Å²) in [5.41, 5.74) is 4.92. The number of aromatic nitrogens is 3. The minimum Gasteiger partial charge on any atom is -0.454 e. The number of carbonyl (C=O) groups is 2. The normalized spacial score (nSPS) is 13.3. The van der Waals surface area contributed by atoms with Crippen molar-refractivity contribution in [2.75, 3.05) is 12.1 Å². The third-order valence-corrected chi connectivity index (χ3v) is 5.91. The van der Waals surface area contributed by atoms with E-state index in [1.54, 1.807) is 25.1 Å². The highest BCUT2D eigenvalue weighted by atomic mass is 16.7. The molecule has 1 amide bonds. The molecule has 2 aromatic heterocycles.